The third-order valence-corrected chi connectivity index (χ3v) is 7.30. The zero-order valence-electron chi connectivity index (χ0n) is 19.3. The molecule has 5 heteroatoms. The van der Waals surface area contributed by atoms with E-state index in [2.05, 4.69) is 57.2 Å². The van der Waals surface area contributed by atoms with Crippen molar-refractivity contribution in [1.29, 1.82) is 0 Å². The van der Waals surface area contributed by atoms with Crippen molar-refractivity contribution >= 4 is 16.8 Å². The summed E-state index contributed by atoms with van der Waals surface area (Å²) in [7, 11) is 2.09. The molecule has 0 atom stereocenters. The smallest absolute Gasteiger partial charge is 0.220 e. The van der Waals surface area contributed by atoms with Gasteiger partial charge in [-0.15, -0.1) is 0 Å². The molecule has 1 N–H and O–H groups in total. The fourth-order valence-corrected chi connectivity index (χ4v) is 5.48. The van der Waals surface area contributed by atoms with Gasteiger partial charge in [0.05, 0.1) is 0 Å². The molecule has 0 bridgehead atoms. The minimum Gasteiger partial charge on any atom is -0.356 e. The fourth-order valence-electron chi connectivity index (χ4n) is 5.48. The third kappa shape index (κ3) is 6.11. The zero-order chi connectivity index (χ0) is 21.5. The predicted molar refractivity (Wildman–Crippen MR) is 128 cm³/mol. The molecule has 2 aromatic rings. The van der Waals surface area contributed by atoms with Crippen molar-refractivity contribution in [3.8, 4) is 0 Å². The molecule has 1 aromatic carbocycles. The van der Waals surface area contributed by atoms with E-state index in [4.69, 9.17) is 0 Å². The lowest BCUT2D eigenvalue weighted by Gasteiger charge is -2.40. The fraction of sp³-hybridized carbons (Fsp3) is 0.654. The monoisotopic (exact) mass is 424 g/mol. The minimum atomic E-state index is 0.197. The molecule has 2 fully saturated rings. The van der Waals surface area contributed by atoms with Gasteiger partial charge in [-0.3, -0.25) is 9.69 Å². The van der Waals surface area contributed by atoms with Crippen LogP contribution < -0.4 is 5.32 Å². The van der Waals surface area contributed by atoms with E-state index < -0.39 is 0 Å². The SMILES string of the molecule is Cn1cc(CCCC(=O)NCCCN2CCN(C3CCCCC3)CC2)c2ccccc21. The summed E-state index contributed by atoms with van der Waals surface area (Å²) < 4.78 is 2.18. The van der Waals surface area contributed by atoms with Crippen molar-refractivity contribution in [3.63, 3.8) is 0 Å². The number of piperazine rings is 1. The van der Waals surface area contributed by atoms with Gasteiger partial charge in [-0.1, -0.05) is 37.5 Å². The molecule has 1 saturated carbocycles. The summed E-state index contributed by atoms with van der Waals surface area (Å²) in [5, 5.41) is 4.44. The Morgan fingerprint density at radius 2 is 1.81 bits per heavy atom. The normalized spacial score (nSPS) is 19.1. The van der Waals surface area contributed by atoms with Crippen LogP contribution in [0.1, 0.15) is 56.9 Å². The van der Waals surface area contributed by atoms with E-state index in [0.717, 1.165) is 38.4 Å². The Hall–Kier alpha value is -1.85. The van der Waals surface area contributed by atoms with Crippen molar-refractivity contribution in [3.05, 3.63) is 36.0 Å². The molecule has 2 aliphatic rings. The second-order valence-electron chi connectivity index (χ2n) is 9.51. The number of nitrogens with one attached hydrogen (secondary N) is 1. The molecule has 170 valence electrons. The molecule has 1 amide bonds. The quantitative estimate of drug-likeness (QED) is 0.620. The molecule has 1 saturated heterocycles. The number of amides is 1. The Bertz CT molecular complexity index is 831. The lowest BCUT2D eigenvalue weighted by atomic mass is 9.94. The molecule has 0 spiro atoms. The van der Waals surface area contributed by atoms with Gasteiger partial charge in [0.15, 0.2) is 0 Å². The maximum atomic E-state index is 12.2. The van der Waals surface area contributed by atoms with Gasteiger partial charge >= 0.3 is 0 Å². The van der Waals surface area contributed by atoms with E-state index in [-0.39, 0.29) is 5.91 Å². The van der Waals surface area contributed by atoms with Crippen molar-refractivity contribution in [2.45, 2.75) is 63.8 Å². The largest absolute Gasteiger partial charge is 0.356 e. The van der Waals surface area contributed by atoms with Crippen molar-refractivity contribution < 1.29 is 4.79 Å². The van der Waals surface area contributed by atoms with Crippen molar-refractivity contribution in [2.24, 2.45) is 7.05 Å². The van der Waals surface area contributed by atoms with Crippen molar-refractivity contribution in [2.75, 3.05) is 39.3 Å². The van der Waals surface area contributed by atoms with Gasteiger partial charge in [-0.05, 0) is 50.3 Å². The van der Waals surface area contributed by atoms with Crippen LogP contribution in [0, 0.1) is 0 Å². The Balaban J connectivity index is 1.07. The van der Waals surface area contributed by atoms with Crippen LogP contribution in [0.2, 0.25) is 0 Å². The number of aromatic nitrogens is 1. The summed E-state index contributed by atoms with van der Waals surface area (Å²) in [4.78, 5) is 17.5. The van der Waals surface area contributed by atoms with Crippen LogP contribution in [0.25, 0.3) is 10.9 Å². The highest BCUT2D eigenvalue weighted by atomic mass is 16.1. The van der Waals surface area contributed by atoms with Crippen LogP contribution in [-0.2, 0) is 18.3 Å². The first kappa shape index (κ1) is 22.3. The highest BCUT2D eigenvalue weighted by molar-refractivity contribution is 5.84. The number of fused-ring (bicyclic) bond motifs is 1. The Morgan fingerprint density at radius 1 is 1.03 bits per heavy atom. The van der Waals surface area contributed by atoms with Crippen LogP contribution in [0.4, 0.5) is 0 Å². The van der Waals surface area contributed by atoms with Crippen LogP contribution >= 0.6 is 0 Å². The number of nitrogens with zero attached hydrogens (tertiary/aromatic N) is 3. The molecule has 31 heavy (non-hydrogen) atoms. The third-order valence-electron chi connectivity index (χ3n) is 7.30. The summed E-state index contributed by atoms with van der Waals surface area (Å²) in [5.41, 5.74) is 2.61. The number of benzene rings is 1. The molecule has 0 unspecified atom stereocenters. The highest BCUT2D eigenvalue weighted by Gasteiger charge is 2.24. The average Bonchev–Trinajstić information content (AvgIpc) is 3.13. The van der Waals surface area contributed by atoms with E-state index in [1.54, 1.807) is 0 Å². The molecule has 0 radical (unpaired) electrons. The Morgan fingerprint density at radius 3 is 2.61 bits per heavy atom. The van der Waals surface area contributed by atoms with Crippen LogP contribution in [0.5, 0.6) is 0 Å². The lowest BCUT2D eigenvalue weighted by molar-refractivity contribution is -0.121. The minimum absolute atomic E-state index is 0.197. The molecular formula is C26H40N4O. The number of aryl methyl sites for hydroxylation is 2. The van der Waals surface area contributed by atoms with Gasteiger partial charge in [-0.25, -0.2) is 0 Å². The maximum absolute atomic E-state index is 12.2. The first-order valence-corrected chi connectivity index (χ1v) is 12.5. The number of hydrogen-bond acceptors (Lipinski definition) is 3. The first-order chi connectivity index (χ1) is 15.2. The number of hydrogen-bond donors (Lipinski definition) is 1. The van der Waals surface area contributed by atoms with Crippen LogP contribution in [-0.4, -0.2) is 65.6 Å². The van der Waals surface area contributed by atoms with Crippen molar-refractivity contribution in [1.82, 2.24) is 19.7 Å². The standard InChI is InChI=1S/C26H40N4O/c1-28-21-22(24-12-5-6-13-25(24)28)9-7-14-26(31)27-15-8-16-29-17-19-30(20-18-29)23-10-3-2-4-11-23/h5-6,12-13,21,23H,2-4,7-11,14-20H2,1H3,(H,27,31). The Labute approximate surface area is 187 Å². The summed E-state index contributed by atoms with van der Waals surface area (Å²) in [5.74, 6) is 0.197. The molecule has 4 rings (SSSR count). The summed E-state index contributed by atoms with van der Waals surface area (Å²) in [6.45, 7) is 6.74. The number of para-hydroxylation sites is 1. The average molecular weight is 425 g/mol. The summed E-state index contributed by atoms with van der Waals surface area (Å²) >= 11 is 0. The molecule has 1 aliphatic heterocycles. The van der Waals surface area contributed by atoms with E-state index in [1.807, 2.05) is 0 Å². The predicted octanol–water partition coefficient (Wildman–Crippen LogP) is 3.96. The van der Waals surface area contributed by atoms with Crippen LogP contribution in [0.3, 0.4) is 0 Å². The summed E-state index contributed by atoms with van der Waals surface area (Å²) in [6, 6.07) is 9.36. The maximum Gasteiger partial charge on any atom is 0.220 e. The van der Waals surface area contributed by atoms with Gasteiger partial charge in [0, 0.05) is 69.3 Å². The topological polar surface area (TPSA) is 40.5 Å². The first-order valence-electron chi connectivity index (χ1n) is 12.5. The molecule has 2 heterocycles. The summed E-state index contributed by atoms with van der Waals surface area (Å²) in [6.07, 6.45) is 12.8. The molecule has 5 nitrogen and oxygen atoms in total. The number of rotatable bonds is 9. The number of carbonyl (C=O) groups is 1. The molecule has 1 aliphatic carbocycles. The van der Waals surface area contributed by atoms with Gasteiger partial charge < -0.3 is 14.8 Å². The van der Waals surface area contributed by atoms with Gasteiger partial charge in [0.2, 0.25) is 5.91 Å². The van der Waals surface area contributed by atoms with Gasteiger partial charge in [0.25, 0.3) is 0 Å². The lowest BCUT2D eigenvalue weighted by Crippen LogP contribution is -2.51. The van der Waals surface area contributed by atoms with E-state index in [1.165, 1.54) is 74.7 Å². The van der Waals surface area contributed by atoms with Crippen LogP contribution in [0.15, 0.2) is 30.5 Å². The second kappa shape index (κ2) is 11.1. The molecular weight excluding hydrogens is 384 g/mol. The molecule has 1 aromatic heterocycles. The van der Waals surface area contributed by atoms with E-state index in [9.17, 15) is 4.79 Å². The van der Waals surface area contributed by atoms with Gasteiger partial charge in [-0.2, -0.15) is 0 Å². The second-order valence-corrected chi connectivity index (χ2v) is 9.51. The van der Waals surface area contributed by atoms with E-state index in [0.29, 0.717) is 6.42 Å². The Kier molecular flexibility index (Phi) is 8.03. The highest BCUT2D eigenvalue weighted by Crippen LogP contribution is 2.24. The number of carbonyl (C=O) groups excluding carboxylic acids is 1. The van der Waals surface area contributed by atoms with Gasteiger partial charge in [0.1, 0.15) is 0 Å². The zero-order valence-corrected chi connectivity index (χ0v) is 19.3. The van der Waals surface area contributed by atoms with E-state index >= 15 is 0 Å².